The van der Waals surface area contributed by atoms with Crippen molar-refractivity contribution in [3.63, 3.8) is 0 Å². The van der Waals surface area contributed by atoms with Crippen molar-refractivity contribution in [1.29, 1.82) is 0 Å². The van der Waals surface area contributed by atoms with Gasteiger partial charge in [0.25, 0.3) is 0 Å². The third-order valence-electron chi connectivity index (χ3n) is 4.16. The number of hydrogen-bond acceptors (Lipinski definition) is 5. The van der Waals surface area contributed by atoms with Crippen LogP contribution in [0, 0.1) is 5.92 Å². The number of nitrogens with two attached hydrogens (primary N) is 1. The number of ether oxygens (including phenoxy) is 1. The lowest BCUT2D eigenvalue weighted by Gasteiger charge is -2.40. The number of carbonyl (C=O) groups is 1. The number of carbonyl (C=O) groups excluding carboxylic acids is 1. The maximum Gasteiger partial charge on any atom is 0.211 e. The predicted octanol–water partition coefficient (Wildman–Crippen LogP) is 1.81. The Balaban J connectivity index is 2.08. The summed E-state index contributed by atoms with van der Waals surface area (Å²) in [4.78, 5) is 15.1. The number of nitrogens with one attached hydrogen (secondary N) is 1. The number of hydrogen-bond donors (Lipinski definition) is 3. The van der Waals surface area contributed by atoms with Crippen LogP contribution in [0.5, 0.6) is 5.75 Å². The van der Waals surface area contributed by atoms with Crippen LogP contribution < -0.4 is 15.8 Å². The van der Waals surface area contributed by atoms with Crippen LogP contribution in [0.1, 0.15) is 32.3 Å². The molecule has 4 N–H and O–H groups in total. The molecule has 1 aromatic carbocycles. The van der Waals surface area contributed by atoms with Crippen molar-refractivity contribution in [1.82, 2.24) is 0 Å². The second-order valence-electron chi connectivity index (χ2n) is 6.20. The minimum Gasteiger partial charge on any atom is -0.494 e. The van der Waals surface area contributed by atoms with E-state index in [1.165, 1.54) is 7.11 Å². The minimum absolute atomic E-state index is 0.209. The monoisotopic (exact) mass is 305 g/mol. The van der Waals surface area contributed by atoms with Gasteiger partial charge in [-0.3, -0.25) is 9.79 Å². The summed E-state index contributed by atoms with van der Waals surface area (Å²) < 4.78 is 5.17. The lowest BCUT2D eigenvalue weighted by molar-refractivity contribution is -0.105. The van der Waals surface area contributed by atoms with Crippen LogP contribution in [0.15, 0.2) is 17.1 Å². The van der Waals surface area contributed by atoms with Crippen LogP contribution in [0.3, 0.4) is 0 Å². The number of aliphatic hydroxyl groups is 1. The van der Waals surface area contributed by atoms with Crippen molar-refractivity contribution in [3.05, 3.63) is 17.7 Å². The molecule has 0 aromatic heterocycles. The van der Waals surface area contributed by atoms with E-state index < -0.39 is 5.60 Å². The predicted molar refractivity (Wildman–Crippen MR) is 87.5 cm³/mol. The van der Waals surface area contributed by atoms with Crippen LogP contribution in [0.4, 0.5) is 11.4 Å². The summed E-state index contributed by atoms with van der Waals surface area (Å²) >= 11 is 0. The summed E-state index contributed by atoms with van der Waals surface area (Å²) in [7, 11) is 1.52. The molecule has 120 valence electrons. The number of methoxy groups -OCH3 is 1. The zero-order valence-corrected chi connectivity index (χ0v) is 13.2. The van der Waals surface area contributed by atoms with Gasteiger partial charge in [-0.1, -0.05) is 0 Å². The van der Waals surface area contributed by atoms with Crippen LogP contribution in [0.25, 0.3) is 0 Å². The summed E-state index contributed by atoms with van der Waals surface area (Å²) in [6, 6.07) is 3.60. The van der Waals surface area contributed by atoms with E-state index in [2.05, 4.69) is 10.3 Å². The van der Waals surface area contributed by atoms with Gasteiger partial charge in [-0.2, -0.15) is 0 Å². The topological polar surface area (TPSA) is 96.9 Å². The van der Waals surface area contributed by atoms with Gasteiger partial charge in [-0.05, 0) is 38.7 Å². The molecule has 0 radical (unpaired) electrons. The Kier molecular flexibility index (Phi) is 4.71. The Labute approximate surface area is 130 Å². The molecule has 1 aromatic rings. The minimum atomic E-state index is -0.647. The highest BCUT2D eigenvalue weighted by atomic mass is 16.5. The van der Waals surface area contributed by atoms with Crippen molar-refractivity contribution in [2.75, 3.05) is 18.2 Å². The maximum atomic E-state index is 10.6. The van der Waals surface area contributed by atoms with Crippen molar-refractivity contribution in [3.8, 4) is 5.75 Å². The molecule has 0 saturated heterocycles. The van der Waals surface area contributed by atoms with Crippen molar-refractivity contribution in [2.45, 2.75) is 38.3 Å². The van der Waals surface area contributed by atoms with Gasteiger partial charge < -0.3 is 20.9 Å². The first-order valence-corrected chi connectivity index (χ1v) is 7.28. The lowest BCUT2D eigenvalue weighted by atomic mass is 9.71. The van der Waals surface area contributed by atoms with Gasteiger partial charge in [0.15, 0.2) is 0 Å². The normalized spacial score (nSPS) is 21.5. The average Bonchev–Trinajstić information content (AvgIpc) is 2.38. The zero-order chi connectivity index (χ0) is 16.3. The van der Waals surface area contributed by atoms with Gasteiger partial charge in [-0.15, -0.1) is 0 Å². The zero-order valence-electron chi connectivity index (χ0n) is 13.2. The highest BCUT2D eigenvalue weighted by molar-refractivity contribution is 5.91. The smallest absolute Gasteiger partial charge is 0.211 e. The third-order valence-corrected chi connectivity index (χ3v) is 4.16. The molecular weight excluding hydrogens is 282 g/mol. The van der Waals surface area contributed by atoms with E-state index in [4.69, 9.17) is 10.5 Å². The van der Waals surface area contributed by atoms with Crippen LogP contribution in [0.2, 0.25) is 0 Å². The number of aliphatic imine (C=N–C) groups is 1. The van der Waals surface area contributed by atoms with Crippen LogP contribution in [-0.2, 0) is 4.79 Å². The Hall–Kier alpha value is -2.08. The fraction of sp³-hybridized carbons (Fsp3) is 0.500. The van der Waals surface area contributed by atoms with E-state index >= 15 is 0 Å². The highest BCUT2D eigenvalue weighted by Crippen LogP contribution is 2.38. The molecule has 0 bridgehead atoms. The van der Waals surface area contributed by atoms with Crippen molar-refractivity contribution >= 4 is 24.0 Å². The maximum absolute atomic E-state index is 10.6. The van der Waals surface area contributed by atoms with Crippen molar-refractivity contribution < 1.29 is 14.6 Å². The van der Waals surface area contributed by atoms with E-state index in [9.17, 15) is 9.90 Å². The molecule has 0 aliphatic heterocycles. The molecule has 1 fully saturated rings. The third kappa shape index (κ3) is 3.57. The van der Waals surface area contributed by atoms with Gasteiger partial charge in [-0.25, -0.2) is 0 Å². The molecule has 1 saturated carbocycles. The van der Waals surface area contributed by atoms with E-state index in [-0.39, 0.29) is 12.0 Å². The fourth-order valence-corrected chi connectivity index (χ4v) is 2.54. The number of nitrogens with zero attached hydrogens (tertiary/aromatic N) is 1. The molecule has 22 heavy (non-hydrogen) atoms. The molecular formula is C16H23N3O3. The number of anilines is 2. The molecule has 0 unspecified atom stereocenters. The Morgan fingerprint density at radius 3 is 2.68 bits per heavy atom. The number of amides is 1. The van der Waals surface area contributed by atoms with Gasteiger partial charge in [0, 0.05) is 23.5 Å². The number of nitrogen functional groups attached to an aromatic ring is 1. The molecule has 1 aliphatic rings. The lowest BCUT2D eigenvalue weighted by Crippen LogP contribution is -2.42. The molecule has 6 heteroatoms. The first kappa shape index (κ1) is 16.3. The SMILES string of the molecule is COc1cc(N)c(C=NC2CC(C(C)(C)O)C2)cc1NC=O. The number of benzene rings is 1. The summed E-state index contributed by atoms with van der Waals surface area (Å²) in [5.74, 6) is 0.794. The summed E-state index contributed by atoms with van der Waals surface area (Å²) in [6.45, 7) is 3.66. The fourth-order valence-electron chi connectivity index (χ4n) is 2.54. The number of rotatable bonds is 6. The average molecular weight is 305 g/mol. The quantitative estimate of drug-likeness (QED) is 0.424. The molecule has 0 heterocycles. The Morgan fingerprint density at radius 2 is 2.14 bits per heavy atom. The van der Waals surface area contributed by atoms with E-state index in [0.717, 1.165) is 18.4 Å². The van der Waals surface area contributed by atoms with Crippen LogP contribution in [-0.4, -0.2) is 36.5 Å². The molecule has 0 spiro atoms. The van der Waals surface area contributed by atoms with E-state index in [1.807, 2.05) is 13.8 Å². The van der Waals surface area contributed by atoms with Gasteiger partial charge in [0.05, 0.1) is 24.4 Å². The highest BCUT2D eigenvalue weighted by Gasteiger charge is 2.38. The molecule has 1 aliphatic carbocycles. The van der Waals surface area contributed by atoms with Crippen LogP contribution >= 0.6 is 0 Å². The van der Waals surface area contributed by atoms with Gasteiger partial charge >= 0.3 is 0 Å². The second kappa shape index (κ2) is 6.36. The Bertz CT molecular complexity index is 573. The van der Waals surface area contributed by atoms with E-state index in [1.54, 1.807) is 18.3 Å². The largest absolute Gasteiger partial charge is 0.494 e. The molecule has 1 amide bonds. The standard InChI is InChI=1S/C16H23N3O3/c1-16(2,21)11-5-12(6-11)18-8-10-4-14(19-9-20)15(22-3)7-13(10)17/h4,7-9,11-12,21H,5-6,17H2,1-3H3,(H,19,20). The summed E-state index contributed by atoms with van der Waals surface area (Å²) in [6.07, 6.45) is 4.05. The molecule has 6 nitrogen and oxygen atoms in total. The summed E-state index contributed by atoms with van der Waals surface area (Å²) in [5.41, 5.74) is 7.15. The second-order valence-corrected chi connectivity index (χ2v) is 6.20. The molecule has 2 rings (SSSR count). The Morgan fingerprint density at radius 1 is 1.45 bits per heavy atom. The van der Waals surface area contributed by atoms with Gasteiger partial charge in [0.2, 0.25) is 6.41 Å². The first-order valence-electron chi connectivity index (χ1n) is 7.28. The van der Waals surface area contributed by atoms with Crippen molar-refractivity contribution in [2.24, 2.45) is 10.9 Å². The van der Waals surface area contributed by atoms with E-state index in [0.29, 0.717) is 23.5 Å². The molecule has 0 atom stereocenters. The summed E-state index contributed by atoms with van der Waals surface area (Å²) in [5, 5.41) is 12.5. The van der Waals surface area contributed by atoms with Gasteiger partial charge in [0.1, 0.15) is 5.75 Å². The first-order chi connectivity index (χ1) is 10.3.